The van der Waals surface area contributed by atoms with Crippen LogP contribution < -0.4 is 20.3 Å². The summed E-state index contributed by atoms with van der Waals surface area (Å²) in [5.74, 6) is 0.769. The number of nitrogens with one attached hydrogen (secondary N) is 2. The van der Waals surface area contributed by atoms with Crippen LogP contribution in [0, 0.1) is 0 Å². The van der Waals surface area contributed by atoms with Crippen LogP contribution in [0.15, 0.2) is 48.5 Å². The van der Waals surface area contributed by atoms with Crippen molar-refractivity contribution in [1.82, 2.24) is 5.32 Å². The van der Waals surface area contributed by atoms with Crippen molar-refractivity contribution >= 4 is 34.9 Å². The second-order valence-corrected chi connectivity index (χ2v) is 6.29. The molecule has 0 saturated carbocycles. The number of ether oxygens (including phenoxy) is 1. The van der Waals surface area contributed by atoms with Crippen LogP contribution in [0.2, 0.25) is 5.02 Å². The van der Waals surface area contributed by atoms with Gasteiger partial charge in [0.2, 0.25) is 5.91 Å². The second kappa shape index (κ2) is 8.58. The van der Waals surface area contributed by atoms with Gasteiger partial charge in [0.25, 0.3) is 0 Å². The van der Waals surface area contributed by atoms with Crippen LogP contribution in [0.25, 0.3) is 0 Å². The Morgan fingerprint density at radius 2 is 1.92 bits per heavy atom. The minimum atomic E-state index is -0.344. The number of halogens is 1. The Balaban J connectivity index is 1.49. The van der Waals surface area contributed by atoms with Gasteiger partial charge in [-0.25, -0.2) is 4.79 Å². The van der Waals surface area contributed by atoms with Crippen molar-refractivity contribution in [3.8, 4) is 5.75 Å². The molecule has 1 aliphatic heterocycles. The highest BCUT2D eigenvalue weighted by atomic mass is 35.5. The Morgan fingerprint density at radius 1 is 1.15 bits per heavy atom. The van der Waals surface area contributed by atoms with Crippen LogP contribution in [-0.4, -0.2) is 31.6 Å². The fourth-order valence-corrected chi connectivity index (χ4v) is 2.87. The Kier molecular flexibility index (Phi) is 5.96. The molecule has 0 spiro atoms. The molecule has 2 aromatic rings. The van der Waals surface area contributed by atoms with Gasteiger partial charge in [0.1, 0.15) is 12.4 Å². The van der Waals surface area contributed by atoms with Crippen molar-refractivity contribution < 1.29 is 14.3 Å². The third kappa shape index (κ3) is 4.67. The Bertz CT molecular complexity index is 780. The fraction of sp³-hybridized carbons (Fsp3) is 0.263. The van der Waals surface area contributed by atoms with Crippen molar-refractivity contribution in [1.29, 1.82) is 0 Å². The maximum Gasteiger partial charge on any atom is 0.319 e. The molecule has 0 atom stereocenters. The highest BCUT2D eigenvalue weighted by Gasteiger charge is 2.24. The normalized spacial score (nSPS) is 13.6. The Morgan fingerprint density at radius 3 is 2.65 bits per heavy atom. The van der Waals surface area contributed by atoms with E-state index in [0.29, 0.717) is 42.6 Å². The monoisotopic (exact) mass is 373 g/mol. The second-order valence-electron chi connectivity index (χ2n) is 5.85. The summed E-state index contributed by atoms with van der Waals surface area (Å²) in [6, 6.07) is 14.0. The highest BCUT2D eigenvalue weighted by molar-refractivity contribution is 6.30. The summed E-state index contributed by atoms with van der Waals surface area (Å²) in [6.45, 7) is 1.36. The number of urea groups is 1. The first-order valence-corrected chi connectivity index (χ1v) is 8.84. The topological polar surface area (TPSA) is 70.7 Å². The summed E-state index contributed by atoms with van der Waals surface area (Å²) in [5.41, 5.74) is 1.33. The van der Waals surface area contributed by atoms with Gasteiger partial charge in [-0.15, -0.1) is 0 Å². The molecule has 0 radical (unpaired) electrons. The van der Waals surface area contributed by atoms with E-state index in [1.807, 2.05) is 18.2 Å². The van der Waals surface area contributed by atoms with Crippen molar-refractivity contribution in [2.24, 2.45) is 0 Å². The molecular weight excluding hydrogens is 354 g/mol. The van der Waals surface area contributed by atoms with Crippen molar-refractivity contribution in [2.45, 2.75) is 12.8 Å². The van der Waals surface area contributed by atoms with E-state index < -0.39 is 0 Å². The molecule has 0 bridgehead atoms. The number of amides is 3. The molecular formula is C19H20ClN3O3. The van der Waals surface area contributed by atoms with Crippen LogP contribution in [0.3, 0.4) is 0 Å². The SMILES string of the molecule is O=C(NCCOc1ccc(Cl)cc1)Nc1ccccc1N1CCCC1=O. The molecule has 6 nitrogen and oxygen atoms in total. The first-order chi connectivity index (χ1) is 12.6. The van der Waals surface area contributed by atoms with E-state index in [-0.39, 0.29) is 11.9 Å². The third-order valence-corrected chi connectivity index (χ3v) is 4.24. The minimum absolute atomic E-state index is 0.0797. The Labute approximate surface area is 157 Å². The molecule has 0 unspecified atom stereocenters. The number of carbonyl (C=O) groups is 2. The number of benzene rings is 2. The van der Waals surface area contributed by atoms with Gasteiger partial charge in [0.15, 0.2) is 0 Å². The highest BCUT2D eigenvalue weighted by Crippen LogP contribution is 2.29. The summed E-state index contributed by atoms with van der Waals surface area (Å²) < 4.78 is 5.53. The predicted octanol–water partition coefficient (Wildman–Crippen LogP) is 3.67. The van der Waals surface area contributed by atoms with E-state index in [2.05, 4.69) is 10.6 Å². The zero-order valence-corrected chi connectivity index (χ0v) is 15.0. The molecule has 26 heavy (non-hydrogen) atoms. The van der Waals surface area contributed by atoms with Crippen LogP contribution >= 0.6 is 11.6 Å². The molecule has 0 aliphatic carbocycles. The molecule has 2 N–H and O–H groups in total. The first kappa shape index (κ1) is 18.1. The molecule has 1 fully saturated rings. The number of para-hydroxylation sites is 2. The van der Waals surface area contributed by atoms with Crippen LogP contribution in [0.5, 0.6) is 5.75 Å². The van der Waals surface area contributed by atoms with E-state index in [4.69, 9.17) is 16.3 Å². The maximum atomic E-state index is 12.1. The lowest BCUT2D eigenvalue weighted by atomic mass is 10.2. The third-order valence-electron chi connectivity index (χ3n) is 3.99. The van der Waals surface area contributed by atoms with Gasteiger partial charge in [-0.1, -0.05) is 23.7 Å². The molecule has 136 valence electrons. The lowest BCUT2D eigenvalue weighted by Crippen LogP contribution is -2.33. The molecule has 2 aromatic carbocycles. The maximum absolute atomic E-state index is 12.1. The van der Waals surface area contributed by atoms with Gasteiger partial charge in [-0.05, 0) is 42.8 Å². The lowest BCUT2D eigenvalue weighted by molar-refractivity contribution is -0.117. The molecule has 1 saturated heterocycles. The molecule has 0 aromatic heterocycles. The van der Waals surface area contributed by atoms with Crippen LogP contribution in [-0.2, 0) is 4.79 Å². The van der Waals surface area contributed by atoms with E-state index in [1.54, 1.807) is 35.2 Å². The number of hydrogen-bond acceptors (Lipinski definition) is 3. The first-order valence-electron chi connectivity index (χ1n) is 8.46. The summed E-state index contributed by atoms with van der Waals surface area (Å²) in [7, 11) is 0. The van der Waals surface area contributed by atoms with Gasteiger partial charge < -0.3 is 20.3 Å². The summed E-state index contributed by atoms with van der Waals surface area (Å²) in [4.78, 5) is 25.8. The number of nitrogens with zero attached hydrogens (tertiary/aromatic N) is 1. The summed E-state index contributed by atoms with van der Waals surface area (Å²) in [6.07, 6.45) is 1.38. The average molecular weight is 374 g/mol. The molecule has 1 heterocycles. The van der Waals surface area contributed by atoms with Crippen molar-refractivity contribution in [3.63, 3.8) is 0 Å². The van der Waals surface area contributed by atoms with E-state index in [1.165, 1.54) is 0 Å². The van der Waals surface area contributed by atoms with Crippen molar-refractivity contribution in [3.05, 3.63) is 53.6 Å². The molecule has 7 heteroatoms. The quantitative estimate of drug-likeness (QED) is 0.759. The average Bonchev–Trinajstić information content (AvgIpc) is 3.06. The van der Waals surface area contributed by atoms with Gasteiger partial charge in [0, 0.05) is 18.0 Å². The number of anilines is 2. The van der Waals surface area contributed by atoms with E-state index in [9.17, 15) is 9.59 Å². The van der Waals surface area contributed by atoms with Gasteiger partial charge >= 0.3 is 6.03 Å². The van der Waals surface area contributed by atoms with Crippen LogP contribution in [0.1, 0.15) is 12.8 Å². The van der Waals surface area contributed by atoms with E-state index >= 15 is 0 Å². The van der Waals surface area contributed by atoms with Gasteiger partial charge in [-0.3, -0.25) is 4.79 Å². The van der Waals surface area contributed by atoms with Crippen LogP contribution in [0.4, 0.5) is 16.2 Å². The Hall–Kier alpha value is -2.73. The van der Waals surface area contributed by atoms with Gasteiger partial charge in [-0.2, -0.15) is 0 Å². The predicted molar refractivity (Wildman–Crippen MR) is 102 cm³/mol. The van der Waals surface area contributed by atoms with Crippen molar-refractivity contribution in [2.75, 3.05) is 29.9 Å². The molecule has 3 amide bonds. The minimum Gasteiger partial charge on any atom is -0.492 e. The van der Waals surface area contributed by atoms with Gasteiger partial charge in [0.05, 0.1) is 17.9 Å². The largest absolute Gasteiger partial charge is 0.492 e. The fourth-order valence-electron chi connectivity index (χ4n) is 2.75. The summed E-state index contributed by atoms with van der Waals surface area (Å²) in [5, 5.41) is 6.18. The number of rotatable bonds is 6. The molecule has 3 rings (SSSR count). The number of carbonyl (C=O) groups excluding carboxylic acids is 2. The number of hydrogen-bond donors (Lipinski definition) is 2. The smallest absolute Gasteiger partial charge is 0.319 e. The summed E-state index contributed by atoms with van der Waals surface area (Å²) >= 11 is 5.82. The lowest BCUT2D eigenvalue weighted by Gasteiger charge is -2.20. The van der Waals surface area contributed by atoms with E-state index in [0.717, 1.165) is 12.1 Å². The molecule has 1 aliphatic rings. The zero-order chi connectivity index (χ0) is 18.4. The standard InChI is InChI=1S/C19H20ClN3O3/c20-14-7-9-15(10-8-14)26-13-11-21-19(25)22-16-4-1-2-5-17(16)23-12-3-6-18(23)24/h1-2,4-5,7-10H,3,6,11-13H2,(H2,21,22,25). The zero-order valence-electron chi connectivity index (χ0n) is 14.2.